The van der Waals surface area contributed by atoms with Gasteiger partial charge in [-0.2, -0.15) is 0 Å². The third kappa shape index (κ3) is 2.13. The molecule has 0 amide bonds. The summed E-state index contributed by atoms with van der Waals surface area (Å²) in [5, 5.41) is 9.65. The SMILES string of the molecule is COCc1ccc(Br)c(O)c1C(C)=O. The number of rotatable bonds is 3. The maximum atomic E-state index is 11.3. The van der Waals surface area contributed by atoms with Gasteiger partial charge in [0.05, 0.1) is 16.6 Å². The summed E-state index contributed by atoms with van der Waals surface area (Å²) in [7, 11) is 1.54. The monoisotopic (exact) mass is 258 g/mol. The van der Waals surface area contributed by atoms with Gasteiger partial charge in [0.1, 0.15) is 5.75 Å². The zero-order chi connectivity index (χ0) is 10.7. The Balaban J connectivity index is 3.30. The Hall–Kier alpha value is -0.870. The van der Waals surface area contributed by atoms with E-state index < -0.39 is 0 Å². The van der Waals surface area contributed by atoms with Crippen molar-refractivity contribution in [3.8, 4) is 5.75 Å². The van der Waals surface area contributed by atoms with Crippen LogP contribution in [-0.2, 0) is 11.3 Å². The first kappa shape index (κ1) is 11.2. The molecule has 0 bridgehead atoms. The minimum atomic E-state index is -0.171. The van der Waals surface area contributed by atoms with Gasteiger partial charge in [-0.15, -0.1) is 0 Å². The van der Waals surface area contributed by atoms with E-state index in [-0.39, 0.29) is 11.5 Å². The maximum absolute atomic E-state index is 11.3. The lowest BCUT2D eigenvalue weighted by molar-refractivity contribution is 0.101. The summed E-state index contributed by atoms with van der Waals surface area (Å²) in [5.41, 5.74) is 1.02. The van der Waals surface area contributed by atoms with Crippen molar-refractivity contribution in [1.82, 2.24) is 0 Å². The van der Waals surface area contributed by atoms with Crippen LogP contribution in [0.25, 0.3) is 0 Å². The number of hydrogen-bond acceptors (Lipinski definition) is 3. The second-order valence-electron chi connectivity index (χ2n) is 2.92. The predicted octanol–water partition coefficient (Wildman–Crippen LogP) is 2.50. The number of halogens is 1. The molecule has 0 saturated heterocycles. The zero-order valence-corrected chi connectivity index (χ0v) is 9.59. The molecule has 0 fully saturated rings. The molecule has 3 nitrogen and oxygen atoms in total. The summed E-state index contributed by atoms with van der Waals surface area (Å²) in [6.07, 6.45) is 0. The molecule has 4 heteroatoms. The molecule has 0 spiro atoms. The van der Waals surface area contributed by atoms with E-state index in [1.807, 2.05) is 0 Å². The molecular weight excluding hydrogens is 248 g/mol. The minimum Gasteiger partial charge on any atom is -0.506 e. The molecule has 14 heavy (non-hydrogen) atoms. The number of benzene rings is 1. The first-order chi connectivity index (χ1) is 6.57. The molecule has 1 aromatic carbocycles. The van der Waals surface area contributed by atoms with E-state index in [4.69, 9.17) is 4.74 Å². The highest BCUT2D eigenvalue weighted by atomic mass is 79.9. The number of methoxy groups -OCH3 is 1. The van der Waals surface area contributed by atoms with Gasteiger partial charge in [0.15, 0.2) is 5.78 Å². The molecule has 0 unspecified atom stereocenters. The Labute approximate surface area is 90.8 Å². The number of ether oxygens (including phenoxy) is 1. The van der Waals surface area contributed by atoms with E-state index in [2.05, 4.69) is 15.9 Å². The maximum Gasteiger partial charge on any atom is 0.163 e. The molecule has 0 aliphatic heterocycles. The van der Waals surface area contributed by atoms with Gasteiger partial charge in [-0.3, -0.25) is 4.79 Å². The quantitative estimate of drug-likeness (QED) is 0.848. The van der Waals surface area contributed by atoms with E-state index in [1.165, 1.54) is 6.92 Å². The second-order valence-corrected chi connectivity index (χ2v) is 3.77. The normalized spacial score (nSPS) is 10.2. The van der Waals surface area contributed by atoms with Crippen LogP contribution in [0.4, 0.5) is 0 Å². The number of carbonyl (C=O) groups excluding carboxylic acids is 1. The number of Topliss-reactive ketones (excluding diaryl/α,β-unsaturated/α-hetero) is 1. The molecule has 1 aromatic rings. The molecule has 76 valence electrons. The molecule has 0 atom stereocenters. The number of phenolic OH excluding ortho intramolecular Hbond substituents is 1. The smallest absolute Gasteiger partial charge is 0.163 e. The molecule has 1 N–H and O–H groups in total. The molecular formula is C10H11BrO3. The summed E-state index contributed by atoms with van der Waals surface area (Å²) in [6, 6.07) is 3.44. The Kier molecular flexibility index (Phi) is 3.66. The molecule has 1 rings (SSSR count). The lowest BCUT2D eigenvalue weighted by Gasteiger charge is -2.09. The van der Waals surface area contributed by atoms with Gasteiger partial charge in [0.25, 0.3) is 0 Å². The summed E-state index contributed by atoms with van der Waals surface area (Å²) in [4.78, 5) is 11.3. The summed E-state index contributed by atoms with van der Waals surface area (Å²) >= 11 is 3.16. The third-order valence-electron chi connectivity index (χ3n) is 1.87. The number of hydrogen-bond donors (Lipinski definition) is 1. The van der Waals surface area contributed by atoms with Crippen LogP contribution in [0.5, 0.6) is 5.75 Å². The van der Waals surface area contributed by atoms with Crippen molar-refractivity contribution in [2.75, 3.05) is 7.11 Å². The van der Waals surface area contributed by atoms with Gasteiger partial charge >= 0.3 is 0 Å². The highest BCUT2D eigenvalue weighted by molar-refractivity contribution is 9.10. The van der Waals surface area contributed by atoms with Crippen LogP contribution in [0, 0.1) is 0 Å². The number of ketones is 1. The van der Waals surface area contributed by atoms with Gasteiger partial charge in [-0.25, -0.2) is 0 Å². The Morgan fingerprint density at radius 3 is 2.71 bits per heavy atom. The van der Waals surface area contributed by atoms with Gasteiger partial charge in [-0.1, -0.05) is 6.07 Å². The van der Waals surface area contributed by atoms with Crippen LogP contribution in [-0.4, -0.2) is 18.0 Å². The van der Waals surface area contributed by atoms with Crippen molar-refractivity contribution in [2.45, 2.75) is 13.5 Å². The molecule has 0 saturated carbocycles. The zero-order valence-electron chi connectivity index (χ0n) is 8.00. The van der Waals surface area contributed by atoms with Crippen molar-refractivity contribution >= 4 is 21.7 Å². The summed E-state index contributed by atoms with van der Waals surface area (Å²) in [6.45, 7) is 1.73. The molecule has 0 radical (unpaired) electrons. The molecule has 0 aliphatic rings. The average Bonchev–Trinajstić information content (AvgIpc) is 2.11. The molecule has 0 aliphatic carbocycles. The van der Waals surface area contributed by atoms with E-state index in [0.29, 0.717) is 22.2 Å². The third-order valence-corrected chi connectivity index (χ3v) is 2.51. The summed E-state index contributed by atoms with van der Waals surface area (Å²) < 4.78 is 5.45. The minimum absolute atomic E-state index is 0.0212. The number of phenols is 1. The van der Waals surface area contributed by atoms with E-state index in [0.717, 1.165) is 0 Å². The van der Waals surface area contributed by atoms with Crippen LogP contribution in [0.1, 0.15) is 22.8 Å². The standard InChI is InChI=1S/C10H11BrO3/c1-6(12)9-7(5-14-2)3-4-8(11)10(9)13/h3-4,13H,5H2,1-2H3. The van der Waals surface area contributed by atoms with Crippen molar-refractivity contribution in [3.05, 3.63) is 27.7 Å². The Morgan fingerprint density at radius 2 is 2.21 bits per heavy atom. The van der Waals surface area contributed by atoms with E-state index >= 15 is 0 Å². The fraction of sp³-hybridized carbons (Fsp3) is 0.300. The van der Waals surface area contributed by atoms with Crippen molar-refractivity contribution in [1.29, 1.82) is 0 Å². The van der Waals surface area contributed by atoms with Crippen LogP contribution in [0.2, 0.25) is 0 Å². The van der Waals surface area contributed by atoms with Crippen molar-refractivity contribution < 1.29 is 14.6 Å². The topological polar surface area (TPSA) is 46.5 Å². The first-order valence-corrected chi connectivity index (χ1v) is 4.87. The fourth-order valence-corrected chi connectivity index (χ4v) is 1.61. The largest absolute Gasteiger partial charge is 0.506 e. The van der Waals surface area contributed by atoms with Gasteiger partial charge in [-0.05, 0) is 34.5 Å². The van der Waals surface area contributed by atoms with Crippen LogP contribution in [0.15, 0.2) is 16.6 Å². The number of aromatic hydroxyl groups is 1. The highest BCUT2D eigenvalue weighted by Crippen LogP contribution is 2.31. The van der Waals surface area contributed by atoms with Crippen LogP contribution >= 0.6 is 15.9 Å². The summed E-state index contributed by atoms with van der Waals surface area (Å²) in [5.74, 6) is -0.192. The Morgan fingerprint density at radius 1 is 1.57 bits per heavy atom. The van der Waals surface area contributed by atoms with Crippen molar-refractivity contribution in [3.63, 3.8) is 0 Å². The predicted molar refractivity (Wildman–Crippen MR) is 56.5 cm³/mol. The van der Waals surface area contributed by atoms with E-state index in [1.54, 1.807) is 19.2 Å². The lowest BCUT2D eigenvalue weighted by Crippen LogP contribution is -2.01. The average molecular weight is 259 g/mol. The lowest BCUT2D eigenvalue weighted by atomic mass is 10.0. The molecule has 0 heterocycles. The first-order valence-electron chi connectivity index (χ1n) is 4.08. The second kappa shape index (κ2) is 4.57. The van der Waals surface area contributed by atoms with Crippen LogP contribution < -0.4 is 0 Å². The van der Waals surface area contributed by atoms with Crippen molar-refractivity contribution in [2.24, 2.45) is 0 Å². The number of carbonyl (C=O) groups is 1. The fourth-order valence-electron chi connectivity index (χ4n) is 1.28. The Bertz CT molecular complexity index is 361. The molecule has 0 aromatic heterocycles. The van der Waals surface area contributed by atoms with Gasteiger partial charge in [0.2, 0.25) is 0 Å². The van der Waals surface area contributed by atoms with Gasteiger partial charge < -0.3 is 9.84 Å². The van der Waals surface area contributed by atoms with E-state index in [9.17, 15) is 9.90 Å². The van der Waals surface area contributed by atoms with Crippen LogP contribution in [0.3, 0.4) is 0 Å². The van der Waals surface area contributed by atoms with Gasteiger partial charge in [0, 0.05) is 7.11 Å². The highest BCUT2D eigenvalue weighted by Gasteiger charge is 2.14.